The maximum atomic E-state index is 11.7. The number of nitrogens with two attached hydrogens (primary N) is 1. The number of amides is 2. The quantitative estimate of drug-likeness (QED) is 0.757. The van der Waals surface area contributed by atoms with E-state index in [0.29, 0.717) is 24.6 Å². The van der Waals surface area contributed by atoms with Gasteiger partial charge >= 0.3 is 0 Å². The van der Waals surface area contributed by atoms with Crippen LogP contribution in [0.15, 0.2) is 24.3 Å². The molecule has 0 bridgehead atoms. The Labute approximate surface area is 124 Å². The molecular formula is C14H20ClN3O2. The van der Waals surface area contributed by atoms with E-state index in [1.54, 1.807) is 24.3 Å². The minimum absolute atomic E-state index is 0. The fourth-order valence-electron chi connectivity index (χ4n) is 2.21. The second kappa shape index (κ2) is 7.87. The smallest absolute Gasteiger partial charge is 0.248 e. The van der Waals surface area contributed by atoms with E-state index in [1.165, 1.54) is 0 Å². The molecule has 0 aromatic heterocycles. The van der Waals surface area contributed by atoms with Gasteiger partial charge in [-0.25, -0.2) is 0 Å². The first-order valence-electron chi connectivity index (χ1n) is 6.54. The van der Waals surface area contributed by atoms with E-state index in [4.69, 9.17) is 5.73 Å². The molecule has 1 aromatic carbocycles. The zero-order valence-electron chi connectivity index (χ0n) is 11.2. The van der Waals surface area contributed by atoms with Crippen LogP contribution in [-0.4, -0.2) is 24.4 Å². The van der Waals surface area contributed by atoms with Crippen molar-refractivity contribution in [3.63, 3.8) is 0 Å². The second-order valence-corrected chi connectivity index (χ2v) is 4.84. The number of hydrogen-bond acceptors (Lipinski definition) is 3. The van der Waals surface area contributed by atoms with E-state index in [1.807, 2.05) is 0 Å². The summed E-state index contributed by atoms with van der Waals surface area (Å²) in [6.45, 7) is 1.48. The standard InChI is InChI=1S/C14H19N3O2.ClH/c15-14(19)11-5-3-10(4-6-11)9-17-13(18)8-12-2-1-7-16-12;/h3-6,12,16H,1-2,7-9H2,(H2,15,19)(H,17,18);1H. The van der Waals surface area contributed by atoms with Crippen LogP contribution in [0.4, 0.5) is 0 Å². The fraction of sp³-hybridized carbons (Fsp3) is 0.429. The highest BCUT2D eigenvalue weighted by Gasteiger charge is 2.17. The Bertz CT molecular complexity index is 456. The van der Waals surface area contributed by atoms with Crippen LogP contribution in [0, 0.1) is 0 Å². The van der Waals surface area contributed by atoms with Crippen LogP contribution in [0.25, 0.3) is 0 Å². The lowest BCUT2D eigenvalue weighted by Gasteiger charge is -2.10. The first-order chi connectivity index (χ1) is 9.15. The van der Waals surface area contributed by atoms with Gasteiger partial charge in [0.2, 0.25) is 11.8 Å². The number of carbonyl (C=O) groups excluding carboxylic acids is 2. The third-order valence-electron chi connectivity index (χ3n) is 3.32. The molecule has 0 radical (unpaired) electrons. The number of rotatable bonds is 5. The monoisotopic (exact) mass is 297 g/mol. The molecule has 1 heterocycles. The molecule has 1 aliphatic rings. The maximum absolute atomic E-state index is 11.7. The van der Waals surface area contributed by atoms with Crippen LogP contribution in [0.5, 0.6) is 0 Å². The number of primary amides is 1. The molecule has 1 fully saturated rings. The summed E-state index contributed by atoms with van der Waals surface area (Å²) in [5.41, 5.74) is 6.60. The Kier molecular flexibility index (Phi) is 6.48. The topological polar surface area (TPSA) is 84.2 Å². The second-order valence-electron chi connectivity index (χ2n) is 4.84. The molecular weight excluding hydrogens is 278 g/mol. The Balaban J connectivity index is 0.00000200. The molecule has 1 aliphatic heterocycles. The van der Waals surface area contributed by atoms with E-state index in [2.05, 4.69) is 10.6 Å². The Morgan fingerprint density at radius 1 is 1.30 bits per heavy atom. The van der Waals surface area contributed by atoms with Crippen molar-refractivity contribution in [1.82, 2.24) is 10.6 Å². The number of carbonyl (C=O) groups is 2. The average molecular weight is 298 g/mol. The van der Waals surface area contributed by atoms with Crippen molar-refractivity contribution in [2.45, 2.75) is 31.8 Å². The molecule has 1 saturated heterocycles. The van der Waals surface area contributed by atoms with Crippen molar-refractivity contribution in [2.75, 3.05) is 6.54 Å². The van der Waals surface area contributed by atoms with Crippen molar-refractivity contribution >= 4 is 24.2 Å². The molecule has 0 spiro atoms. The van der Waals surface area contributed by atoms with Gasteiger partial charge in [-0.3, -0.25) is 9.59 Å². The molecule has 5 nitrogen and oxygen atoms in total. The minimum atomic E-state index is -0.442. The van der Waals surface area contributed by atoms with Crippen LogP contribution in [0.2, 0.25) is 0 Å². The van der Waals surface area contributed by atoms with Crippen molar-refractivity contribution in [3.8, 4) is 0 Å². The molecule has 110 valence electrons. The molecule has 1 atom stereocenters. The van der Waals surface area contributed by atoms with Crippen LogP contribution in [0.3, 0.4) is 0 Å². The zero-order chi connectivity index (χ0) is 13.7. The maximum Gasteiger partial charge on any atom is 0.248 e. The highest BCUT2D eigenvalue weighted by Crippen LogP contribution is 2.09. The lowest BCUT2D eigenvalue weighted by molar-refractivity contribution is -0.121. The molecule has 6 heteroatoms. The lowest BCUT2D eigenvalue weighted by Crippen LogP contribution is -2.31. The van der Waals surface area contributed by atoms with Crippen molar-refractivity contribution < 1.29 is 9.59 Å². The normalized spacial score (nSPS) is 17.3. The molecule has 0 aliphatic carbocycles. The SMILES string of the molecule is Cl.NC(=O)c1ccc(CNC(=O)CC2CCCN2)cc1. The van der Waals surface area contributed by atoms with Crippen LogP contribution >= 0.6 is 12.4 Å². The molecule has 20 heavy (non-hydrogen) atoms. The van der Waals surface area contributed by atoms with Crippen molar-refractivity contribution in [1.29, 1.82) is 0 Å². The summed E-state index contributed by atoms with van der Waals surface area (Å²) >= 11 is 0. The molecule has 1 aromatic rings. The Hall–Kier alpha value is -1.59. The van der Waals surface area contributed by atoms with Gasteiger partial charge in [-0.2, -0.15) is 0 Å². The first kappa shape index (κ1) is 16.5. The number of halogens is 1. The molecule has 4 N–H and O–H groups in total. The predicted octanol–water partition coefficient (Wildman–Crippen LogP) is 0.966. The molecule has 0 saturated carbocycles. The number of benzene rings is 1. The molecule has 1 unspecified atom stereocenters. The minimum Gasteiger partial charge on any atom is -0.366 e. The van der Waals surface area contributed by atoms with Crippen molar-refractivity contribution in [3.05, 3.63) is 35.4 Å². The third kappa shape index (κ3) is 4.83. The van der Waals surface area contributed by atoms with Gasteiger partial charge in [-0.15, -0.1) is 12.4 Å². The highest BCUT2D eigenvalue weighted by atomic mass is 35.5. The van der Waals surface area contributed by atoms with Gasteiger partial charge in [-0.1, -0.05) is 12.1 Å². The summed E-state index contributed by atoms with van der Waals surface area (Å²) in [5.74, 6) is -0.388. The van der Waals surface area contributed by atoms with Gasteiger partial charge in [-0.05, 0) is 37.1 Å². The van der Waals surface area contributed by atoms with Gasteiger partial charge in [0, 0.05) is 24.6 Å². The number of hydrogen-bond donors (Lipinski definition) is 3. The van der Waals surface area contributed by atoms with Gasteiger partial charge in [0.05, 0.1) is 0 Å². The first-order valence-corrected chi connectivity index (χ1v) is 6.54. The van der Waals surface area contributed by atoms with Gasteiger partial charge < -0.3 is 16.4 Å². The van der Waals surface area contributed by atoms with E-state index < -0.39 is 5.91 Å². The summed E-state index contributed by atoms with van der Waals surface area (Å²) in [6.07, 6.45) is 2.74. The van der Waals surface area contributed by atoms with Gasteiger partial charge in [0.1, 0.15) is 0 Å². The largest absolute Gasteiger partial charge is 0.366 e. The summed E-state index contributed by atoms with van der Waals surface area (Å²) < 4.78 is 0. The van der Waals surface area contributed by atoms with Crippen LogP contribution in [-0.2, 0) is 11.3 Å². The average Bonchev–Trinajstić information content (AvgIpc) is 2.89. The Morgan fingerprint density at radius 3 is 2.55 bits per heavy atom. The van der Waals surface area contributed by atoms with Crippen LogP contribution < -0.4 is 16.4 Å². The molecule has 2 rings (SSSR count). The van der Waals surface area contributed by atoms with E-state index in [0.717, 1.165) is 24.9 Å². The van der Waals surface area contributed by atoms with E-state index in [9.17, 15) is 9.59 Å². The predicted molar refractivity (Wildman–Crippen MR) is 79.7 cm³/mol. The van der Waals surface area contributed by atoms with Gasteiger partial charge in [0.25, 0.3) is 0 Å². The summed E-state index contributed by atoms with van der Waals surface area (Å²) in [6, 6.07) is 7.25. The van der Waals surface area contributed by atoms with E-state index >= 15 is 0 Å². The highest BCUT2D eigenvalue weighted by molar-refractivity contribution is 5.92. The number of nitrogens with one attached hydrogen (secondary N) is 2. The van der Waals surface area contributed by atoms with Crippen LogP contribution in [0.1, 0.15) is 35.2 Å². The zero-order valence-corrected chi connectivity index (χ0v) is 12.0. The summed E-state index contributed by atoms with van der Waals surface area (Å²) in [5, 5.41) is 6.17. The van der Waals surface area contributed by atoms with E-state index in [-0.39, 0.29) is 18.3 Å². The third-order valence-corrected chi connectivity index (χ3v) is 3.32. The lowest BCUT2D eigenvalue weighted by atomic mass is 10.1. The molecule has 2 amide bonds. The van der Waals surface area contributed by atoms with Gasteiger partial charge in [0.15, 0.2) is 0 Å². The summed E-state index contributed by atoms with van der Waals surface area (Å²) in [7, 11) is 0. The summed E-state index contributed by atoms with van der Waals surface area (Å²) in [4.78, 5) is 22.6. The Morgan fingerprint density at radius 2 is 2.00 bits per heavy atom. The van der Waals surface area contributed by atoms with Crippen molar-refractivity contribution in [2.24, 2.45) is 5.73 Å². The fourth-order valence-corrected chi connectivity index (χ4v) is 2.21.